The number of hydrogen-bond acceptors (Lipinski definition) is 8. The van der Waals surface area contributed by atoms with Crippen molar-refractivity contribution in [3.05, 3.63) is 60.6 Å². The summed E-state index contributed by atoms with van der Waals surface area (Å²) in [5.74, 6) is 2.78. The van der Waals surface area contributed by atoms with Gasteiger partial charge in [-0.25, -0.2) is 4.98 Å². The van der Waals surface area contributed by atoms with E-state index in [2.05, 4.69) is 30.6 Å². The minimum atomic E-state index is 0.428. The van der Waals surface area contributed by atoms with Crippen molar-refractivity contribution in [3.8, 4) is 28.5 Å². The van der Waals surface area contributed by atoms with Gasteiger partial charge in [0.05, 0.1) is 18.9 Å². The van der Waals surface area contributed by atoms with Gasteiger partial charge < -0.3 is 19.8 Å². The van der Waals surface area contributed by atoms with Crippen molar-refractivity contribution in [3.63, 3.8) is 0 Å². The van der Waals surface area contributed by atoms with Crippen molar-refractivity contribution in [2.75, 3.05) is 24.8 Å². The monoisotopic (exact) mass is 388 g/mol. The highest BCUT2D eigenvalue weighted by Gasteiger charge is 2.13. The summed E-state index contributed by atoms with van der Waals surface area (Å²) in [6.07, 6.45) is 3.03. The number of nitrogens with one attached hydrogen (secondary N) is 2. The number of ether oxygens (including phenoxy) is 1. The molecule has 0 aliphatic rings. The number of rotatable bonds is 6. The molecule has 4 rings (SSSR count). The summed E-state index contributed by atoms with van der Waals surface area (Å²) in [4.78, 5) is 17.5. The smallest absolute Gasteiger partial charge is 0.232 e. The van der Waals surface area contributed by atoms with Crippen LogP contribution in [0.2, 0.25) is 0 Å². The fourth-order valence-corrected chi connectivity index (χ4v) is 2.94. The molecule has 0 amide bonds. The zero-order chi connectivity index (χ0) is 20.2. The lowest BCUT2D eigenvalue weighted by atomic mass is 10.1. The van der Waals surface area contributed by atoms with E-state index >= 15 is 0 Å². The van der Waals surface area contributed by atoms with E-state index in [1.54, 1.807) is 20.4 Å². The topological polar surface area (TPSA) is 98.0 Å². The van der Waals surface area contributed by atoms with Crippen LogP contribution in [-0.4, -0.2) is 34.1 Å². The van der Waals surface area contributed by atoms with Crippen LogP contribution in [0.25, 0.3) is 22.7 Å². The summed E-state index contributed by atoms with van der Waals surface area (Å²) >= 11 is 0. The van der Waals surface area contributed by atoms with Crippen molar-refractivity contribution in [1.29, 1.82) is 0 Å². The molecule has 2 heterocycles. The molecule has 0 radical (unpaired) electrons. The molecule has 0 fully saturated rings. The highest BCUT2D eigenvalue weighted by atomic mass is 16.5. The van der Waals surface area contributed by atoms with Gasteiger partial charge in [0, 0.05) is 24.4 Å². The number of aromatic nitrogens is 4. The summed E-state index contributed by atoms with van der Waals surface area (Å²) in [7, 11) is 3.38. The molecule has 0 saturated heterocycles. The Labute approximate surface area is 168 Å². The van der Waals surface area contributed by atoms with Crippen LogP contribution in [0, 0.1) is 6.92 Å². The molecule has 0 aliphatic carbocycles. The van der Waals surface area contributed by atoms with Crippen LogP contribution in [0.1, 0.15) is 5.56 Å². The number of benzene rings is 2. The lowest BCUT2D eigenvalue weighted by Gasteiger charge is -2.12. The minimum Gasteiger partial charge on any atom is -0.496 e. The first-order chi connectivity index (χ1) is 14.2. The van der Waals surface area contributed by atoms with Gasteiger partial charge in [0.2, 0.25) is 11.9 Å². The molecule has 8 nitrogen and oxygen atoms in total. The second-order valence-electron chi connectivity index (χ2n) is 6.28. The Balaban J connectivity index is 1.69. The van der Waals surface area contributed by atoms with Crippen molar-refractivity contribution in [2.45, 2.75) is 6.92 Å². The van der Waals surface area contributed by atoms with E-state index in [-0.39, 0.29) is 0 Å². The van der Waals surface area contributed by atoms with E-state index in [0.29, 0.717) is 29.2 Å². The van der Waals surface area contributed by atoms with Crippen LogP contribution >= 0.6 is 0 Å². The molecule has 8 heteroatoms. The fraction of sp³-hybridized carbons (Fsp3) is 0.143. The Morgan fingerprint density at radius 2 is 1.79 bits per heavy atom. The maximum Gasteiger partial charge on any atom is 0.232 e. The molecule has 0 unspecified atom stereocenters. The van der Waals surface area contributed by atoms with Gasteiger partial charge in [0.1, 0.15) is 5.75 Å². The molecule has 0 spiro atoms. The summed E-state index contributed by atoms with van der Waals surface area (Å²) in [5, 5.41) is 6.21. The molecular formula is C21H20N6O2. The Morgan fingerprint density at radius 1 is 0.966 bits per heavy atom. The van der Waals surface area contributed by atoms with Gasteiger partial charge in [0.15, 0.2) is 18.0 Å². The second-order valence-corrected chi connectivity index (χ2v) is 6.28. The van der Waals surface area contributed by atoms with Crippen LogP contribution in [0.5, 0.6) is 5.75 Å². The van der Waals surface area contributed by atoms with Crippen molar-refractivity contribution in [1.82, 2.24) is 19.9 Å². The summed E-state index contributed by atoms with van der Waals surface area (Å²) in [6, 6.07) is 13.6. The summed E-state index contributed by atoms with van der Waals surface area (Å²) < 4.78 is 10.9. The maximum atomic E-state index is 5.51. The van der Waals surface area contributed by atoms with Gasteiger partial charge in [0.25, 0.3) is 0 Å². The average Bonchev–Trinajstić information content (AvgIpc) is 3.28. The molecule has 2 N–H and O–H groups in total. The van der Waals surface area contributed by atoms with Crippen LogP contribution in [-0.2, 0) is 0 Å². The third-order valence-corrected chi connectivity index (χ3v) is 4.40. The Kier molecular flexibility index (Phi) is 5.07. The van der Waals surface area contributed by atoms with Gasteiger partial charge in [-0.2, -0.15) is 15.0 Å². The normalized spacial score (nSPS) is 10.6. The number of oxazole rings is 1. The highest BCUT2D eigenvalue weighted by molar-refractivity contribution is 5.71. The van der Waals surface area contributed by atoms with Crippen molar-refractivity contribution in [2.24, 2.45) is 0 Å². The lowest BCUT2D eigenvalue weighted by Crippen LogP contribution is -2.06. The van der Waals surface area contributed by atoms with Gasteiger partial charge in [-0.15, -0.1) is 0 Å². The zero-order valence-corrected chi connectivity index (χ0v) is 16.3. The number of aryl methyl sites for hydroxylation is 1. The quantitative estimate of drug-likeness (QED) is 0.505. The zero-order valence-electron chi connectivity index (χ0n) is 16.3. The van der Waals surface area contributed by atoms with Crippen LogP contribution < -0.4 is 15.4 Å². The van der Waals surface area contributed by atoms with Gasteiger partial charge in [-0.1, -0.05) is 24.3 Å². The fourth-order valence-electron chi connectivity index (χ4n) is 2.94. The minimum absolute atomic E-state index is 0.428. The largest absolute Gasteiger partial charge is 0.496 e. The number of anilines is 3. The number of hydrogen-bond donors (Lipinski definition) is 2. The number of methoxy groups -OCH3 is 1. The van der Waals surface area contributed by atoms with E-state index in [4.69, 9.17) is 9.15 Å². The molecule has 29 heavy (non-hydrogen) atoms. The number of nitrogens with zero attached hydrogens (tertiary/aromatic N) is 4. The van der Waals surface area contributed by atoms with E-state index in [1.807, 2.05) is 49.4 Å². The molecule has 0 aliphatic heterocycles. The summed E-state index contributed by atoms with van der Waals surface area (Å²) in [5.41, 5.74) is 3.62. The average molecular weight is 388 g/mol. The molecule has 4 aromatic rings. The molecule has 0 atom stereocenters. The van der Waals surface area contributed by atoms with E-state index in [9.17, 15) is 0 Å². The molecule has 2 aromatic carbocycles. The predicted molar refractivity (Wildman–Crippen MR) is 111 cm³/mol. The van der Waals surface area contributed by atoms with Gasteiger partial charge >= 0.3 is 0 Å². The van der Waals surface area contributed by atoms with Crippen LogP contribution in [0.3, 0.4) is 0 Å². The molecule has 146 valence electrons. The van der Waals surface area contributed by atoms with Gasteiger partial charge in [-0.3, -0.25) is 0 Å². The van der Waals surface area contributed by atoms with Gasteiger partial charge in [-0.05, 0) is 24.6 Å². The Hall–Kier alpha value is -3.94. The Bertz CT molecular complexity index is 1130. The first-order valence-electron chi connectivity index (χ1n) is 9.01. The van der Waals surface area contributed by atoms with E-state index in [0.717, 1.165) is 22.4 Å². The van der Waals surface area contributed by atoms with Crippen LogP contribution in [0.15, 0.2) is 59.5 Å². The third-order valence-electron chi connectivity index (χ3n) is 4.40. The third kappa shape index (κ3) is 3.86. The molecule has 0 bridgehead atoms. The molecule has 2 aromatic heterocycles. The standard InChI is InChI=1S/C21H20N6O2/c1-13-6-4-5-7-15(13)19-25-20(22-2)27-21(26-19)24-14-8-9-16(17(10-14)28-3)18-11-23-12-29-18/h4-12H,1-3H3,(H2,22,24,25,26,27). The van der Waals surface area contributed by atoms with Crippen molar-refractivity contribution < 1.29 is 9.15 Å². The van der Waals surface area contributed by atoms with E-state index < -0.39 is 0 Å². The summed E-state index contributed by atoms with van der Waals surface area (Å²) in [6.45, 7) is 2.03. The van der Waals surface area contributed by atoms with Crippen molar-refractivity contribution >= 4 is 17.6 Å². The first-order valence-corrected chi connectivity index (χ1v) is 9.01. The lowest BCUT2D eigenvalue weighted by molar-refractivity contribution is 0.415. The first kappa shape index (κ1) is 18.4. The molecule has 0 saturated carbocycles. The van der Waals surface area contributed by atoms with Crippen LogP contribution in [0.4, 0.5) is 17.6 Å². The second kappa shape index (κ2) is 7.97. The Morgan fingerprint density at radius 3 is 2.52 bits per heavy atom. The molecular weight excluding hydrogens is 368 g/mol. The maximum absolute atomic E-state index is 5.51. The SMILES string of the molecule is CNc1nc(Nc2ccc(-c3cnco3)c(OC)c2)nc(-c2ccccc2C)n1. The highest BCUT2D eigenvalue weighted by Crippen LogP contribution is 2.33. The van der Waals surface area contributed by atoms with E-state index in [1.165, 1.54) is 6.39 Å². The predicted octanol–water partition coefficient (Wildman–Crippen LogP) is 4.30.